The Morgan fingerprint density at radius 1 is 1.15 bits per heavy atom. The van der Waals surface area contributed by atoms with Gasteiger partial charge in [-0.1, -0.05) is 37.1 Å². The lowest BCUT2D eigenvalue weighted by Gasteiger charge is -2.11. The second-order valence-electron chi connectivity index (χ2n) is 5.91. The Labute approximate surface area is 157 Å². The molecule has 134 valence electrons. The fourth-order valence-corrected chi connectivity index (χ4v) is 2.90. The number of aromatic nitrogens is 1. The fraction of sp³-hybridized carbons (Fsp3) is 0.238. The Hall–Kier alpha value is -2.59. The topological polar surface area (TPSA) is 48.4 Å². The summed E-state index contributed by atoms with van der Waals surface area (Å²) >= 11 is 6.33. The number of rotatable bonds is 6. The van der Waals surface area contributed by atoms with Gasteiger partial charge in [0.1, 0.15) is 5.75 Å². The number of esters is 1. The van der Waals surface area contributed by atoms with Gasteiger partial charge in [0.15, 0.2) is 0 Å². The molecule has 0 aliphatic carbocycles. The van der Waals surface area contributed by atoms with E-state index in [-0.39, 0.29) is 5.97 Å². The van der Waals surface area contributed by atoms with Gasteiger partial charge in [-0.25, -0.2) is 9.78 Å². The van der Waals surface area contributed by atoms with E-state index in [4.69, 9.17) is 21.1 Å². The zero-order chi connectivity index (χ0) is 18.5. The largest absolute Gasteiger partial charge is 0.497 e. The number of fused-ring (bicyclic) bond motifs is 1. The Morgan fingerprint density at radius 3 is 2.62 bits per heavy atom. The summed E-state index contributed by atoms with van der Waals surface area (Å²) in [4.78, 5) is 17.3. The van der Waals surface area contributed by atoms with Crippen LogP contribution in [0.3, 0.4) is 0 Å². The van der Waals surface area contributed by atoms with Crippen molar-refractivity contribution >= 4 is 28.5 Å². The molecule has 0 unspecified atom stereocenters. The maximum absolute atomic E-state index is 12.6. The zero-order valence-electron chi connectivity index (χ0n) is 14.8. The van der Waals surface area contributed by atoms with Crippen LogP contribution in [-0.4, -0.2) is 24.7 Å². The van der Waals surface area contributed by atoms with E-state index in [9.17, 15) is 4.79 Å². The fourth-order valence-electron chi connectivity index (χ4n) is 2.68. The van der Waals surface area contributed by atoms with Crippen molar-refractivity contribution in [1.82, 2.24) is 4.98 Å². The number of carbonyl (C=O) groups is 1. The molecule has 4 nitrogen and oxygen atoms in total. The minimum atomic E-state index is -0.358. The minimum absolute atomic E-state index is 0.358. The number of hydrogen-bond acceptors (Lipinski definition) is 4. The highest BCUT2D eigenvalue weighted by Crippen LogP contribution is 2.30. The van der Waals surface area contributed by atoms with Crippen molar-refractivity contribution in [2.75, 3.05) is 13.7 Å². The van der Waals surface area contributed by atoms with Crippen molar-refractivity contribution in [3.05, 3.63) is 59.1 Å². The molecule has 1 heterocycles. The molecule has 3 rings (SSSR count). The molecular formula is C21H20ClNO3. The van der Waals surface area contributed by atoms with Crippen LogP contribution in [0.2, 0.25) is 5.02 Å². The van der Waals surface area contributed by atoms with Crippen LogP contribution in [0.1, 0.15) is 30.1 Å². The van der Waals surface area contributed by atoms with Crippen molar-refractivity contribution in [3.8, 4) is 17.0 Å². The molecule has 0 radical (unpaired) electrons. The van der Waals surface area contributed by atoms with Crippen molar-refractivity contribution < 1.29 is 14.3 Å². The molecule has 0 N–H and O–H groups in total. The Bertz CT molecular complexity index is 922. The third-order valence-electron chi connectivity index (χ3n) is 4.13. The highest BCUT2D eigenvalue weighted by Gasteiger charge is 2.16. The van der Waals surface area contributed by atoms with Gasteiger partial charge < -0.3 is 9.47 Å². The molecule has 2 aromatic carbocycles. The van der Waals surface area contributed by atoms with E-state index in [1.165, 1.54) is 0 Å². The molecule has 0 saturated carbocycles. The Morgan fingerprint density at radius 2 is 1.92 bits per heavy atom. The van der Waals surface area contributed by atoms with Crippen LogP contribution >= 0.6 is 11.6 Å². The van der Waals surface area contributed by atoms with E-state index in [0.717, 1.165) is 24.2 Å². The summed E-state index contributed by atoms with van der Waals surface area (Å²) in [5.41, 5.74) is 2.59. The summed E-state index contributed by atoms with van der Waals surface area (Å²) < 4.78 is 10.6. The first kappa shape index (κ1) is 18.2. The predicted molar refractivity (Wildman–Crippen MR) is 104 cm³/mol. The van der Waals surface area contributed by atoms with E-state index >= 15 is 0 Å². The van der Waals surface area contributed by atoms with Gasteiger partial charge in [-0.3, -0.25) is 0 Å². The van der Waals surface area contributed by atoms with Gasteiger partial charge in [0.25, 0.3) is 0 Å². The molecule has 5 heteroatoms. The number of unbranched alkanes of at least 4 members (excludes halogenated alkanes) is 1. The van der Waals surface area contributed by atoms with Crippen LogP contribution < -0.4 is 4.74 Å². The predicted octanol–water partition coefficient (Wildman–Crippen LogP) is 5.52. The van der Waals surface area contributed by atoms with Crippen LogP contribution in [0.4, 0.5) is 0 Å². The number of ether oxygens (including phenoxy) is 2. The quantitative estimate of drug-likeness (QED) is 0.424. The van der Waals surface area contributed by atoms with E-state index in [0.29, 0.717) is 33.8 Å². The summed E-state index contributed by atoms with van der Waals surface area (Å²) in [6.45, 7) is 2.45. The van der Waals surface area contributed by atoms with Crippen molar-refractivity contribution in [2.24, 2.45) is 0 Å². The highest BCUT2D eigenvalue weighted by atomic mass is 35.5. The standard InChI is InChI=1S/C21H20ClNO3/c1-3-4-12-26-21(24)17-13-19(14-8-10-15(25-2)11-9-14)23-20-16(17)6-5-7-18(20)22/h5-11,13H,3-4,12H2,1-2H3. The highest BCUT2D eigenvalue weighted by molar-refractivity contribution is 6.35. The third kappa shape index (κ3) is 3.81. The van der Waals surface area contributed by atoms with E-state index in [2.05, 4.69) is 11.9 Å². The molecule has 0 amide bonds. The lowest BCUT2D eigenvalue weighted by atomic mass is 10.0. The summed E-state index contributed by atoms with van der Waals surface area (Å²) in [6.07, 6.45) is 1.80. The van der Waals surface area contributed by atoms with Crippen molar-refractivity contribution in [3.63, 3.8) is 0 Å². The SMILES string of the molecule is CCCCOC(=O)c1cc(-c2ccc(OC)cc2)nc2c(Cl)cccc12. The van der Waals surface area contributed by atoms with Gasteiger partial charge in [-0.15, -0.1) is 0 Å². The normalized spacial score (nSPS) is 10.7. The van der Waals surface area contributed by atoms with Crippen molar-refractivity contribution in [1.29, 1.82) is 0 Å². The van der Waals surface area contributed by atoms with Crippen LogP contribution in [0, 0.1) is 0 Å². The first-order chi connectivity index (χ1) is 12.6. The molecular weight excluding hydrogens is 350 g/mol. The number of pyridine rings is 1. The first-order valence-electron chi connectivity index (χ1n) is 8.55. The molecule has 26 heavy (non-hydrogen) atoms. The molecule has 0 aliphatic heterocycles. The van der Waals surface area contributed by atoms with Gasteiger partial charge in [0.05, 0.1) is 35.5 Å². The molecule has 0 spiro atoms. The average Bonchev–Trinajstić information content (AvgIpc) is 2.68. The zero-order valence-corrected chi connectivity index (χ0v) is 15.5. The number of benzene rings is 2. The smallest absolute Gasteiger partial charge is 0.338 e. The summed E-state index contributed by atoms with van der Waals surface area (Å²) in [5.74, 6) is 0.398. The molecule has 3 aromatic rings. The van der Waals surface area contributed by atoms with Gasteiger partial charge in [0.2, 0.25) is 0 Å². The lowest BCUT2D eigenvalue weighted by Crippen LogP contribution is -2.08. The lowest BCUT2D eigenvalue weighted by molar-refractivity contribution is 0.0502. The van der Waals surface area contributed by atoms with Crippen LogP contribution in [-0.2, 0) is 4.74 Å². The number of para-hydroxylation sites is 1. The number of hydrogen-bond donors (Lipinski definition) is 0. The van der Waals surface area contributed by atoms with E-state index < -0.39 is 0 Å². The number of nitrogens with zero attached hydrogens (tertiary/aromatic N) is 1. The van der Waals surface area contributed by atoms with E-state index in [1.54, 1.807) is 19.2 Å². The molecule has 0 aliphatic rings. The van der Waals surface area contributed by atoms with Crippen LogP contribution in [0.5, 0.6) is 5.75 Å². The van der Waals surface area contributed by atoms with Gasteiger partial charge in [0, 0.05) is 10.9 Å². The second kappa shape index (κ2) is 8.19. The maximum atomic E-state index is 12.6. The van der Waals surface area contributed by atoms with E-state index in [1.807, 2.05) is 36.4 Å². The van der Waals surface area contributed by atoms with Crippen LogP contribution in [0.15, 0.2) is 48.5 Å². The Kier molecular flexibility index (Phi) is 5.74. The molecule has 0 bridgehead atoms. The van der Waals surface area contributed by atoms with Gasteiger partial charge >= 0.3 is 5.97 Å². The van der Waals surface area contributed by atoms with Gasteiger partial charge in [-0.2, -0.15) is 0 Å². The summed E-state index contributed by atoms with van der Waals surface area (Å²) in [5, 5.41) is 1.19. The number of halogens is 1. The summed E-state index contributed by atoms with van der Waals surface area (Å²) in [7, 11) is 1.62. The number of carbonyl (C=O) groups excluding carboxylic acids is 1. The van der Waals surface area contributed by atoms with Crippen LogP contribution in [0.25, 0.3) is 22.2 Å². The second-order valence-corrected chi connectivity index (χ2v) is 6.32. The summed E-state index contributed by atoms with van der Waals surface area (Å²) in [6, 6.07) is 14.7. The minimum Gasteiger partial charge on any atom is -0.497 e. The first-order valence-corrected chi connectivity index (χ1v) is 8.92. The average molecular weight is 370 g/mol. The molecule has 0 fully saturated rings. The monoisotopic (exact) mass is 369 g/mol. The molecule has 1 aromatic heterocycles. The number of methoxy groups -OCH3 is 1. The Balaban J connectivity index is 2.09. The third-order valence-corrected chi connectivity index (χ3v) is 4.43. The molecule has 0 atom stereocenters. The van der Waals surface area contributed by atoms with Gasteiger partial charge in [-0.05, 0) is 42.8 Å². The molecule has 0 saturated heterocycles. The van der Waals surface area contributed by atoms with Crippen molar-refractivity contribution in [2.45, 2.75) is 19.8 Å². The maximum Gasteiger partial charge on any atom is 0.338 e.